The number of benzene rings is 1. The molecule has 70 valence electrons. The van der Waals surface area contributed by atoms with Crippen molar-refractivity contribution >= 4 is 28.3 Å². The molecule has 0 unspecified atom stereocenters. The van der Waals surface area contributed by atoms with E-state index >= 15 is 0 Å². The normalized spacial score (nSPS) is 10.1. The van der Waals surface area contributed by atoms with E-state index in [2.05, 4.69) is 0 Å². The molecule has 0 fully saturated rings. The maximum Gasteiger partial charge on any atom is 0.282 e. The summed E-state index contributed by atoms with van der Waals surface area (Å²) in [4.78, 5) is 10.2. The minimum absolute atomic E-state index is 0.131. The van der Waals surface area contributed by atoms with Gasteiger partial charge in [0.15, 0.2) is 0 Å². The molecule has 0 amide bonds. The molecule has 0 aliphatic heterocycles. The van der Waals surface area contributed by atoms with Gasteiger partial charge in [-0.25, -0.2) is 0 Å². The SMILES string of the molecule is Cc1cc(I)c([N+](=O)[O-])cc1CN. The van der Waals surface area contributed by atoms with Crippen LogP contribution in [0.4, 0.5) is 5.69 Å². The standard InChI is InChI=1S/C8H9IN2O2/c1-5-2-7(9)8(11(12)13)3-6(5)4-10/h2-3H,4,10H2,1H3. The van der Waals surface area contributed by atoms with Crippen molar-refractivity contribution in [3.8, 4) is 0 Å². The molecule has 0 spiro atoms. The van der Waals surface area contributed by atoms with Crippen LogP contribution in [0.2, 0.25) is 0 Å². The Bertz CT molecular complexity index is 352. The Labute approximate surface area is 89.4 Å². The summed E-state index contributed by atoms with van der Waals surface area (Å²) in [6.45, 7) is 2.23. The second-order valence-electron chi connectivity index (χ2n) is 2.69. The Balaban J connectivity index is 3.30. The van der Waals surface area contributed by atoms with E-state index < -0.39 is 0 Å². The summed E-state index contributed by atoms with van der Waals surface area (Å²) < 4.78 is 0.650. The maximum absolute atomic E-state index is 10.6. The van der Waals surface area contributed by atoms with E-state index in [0.29, 0.717) is 10.1 Å². The summed E-state index contributed by atoms with van der Waals surface area (Å²) in [5, 5.41) is 10.6. The van der Waals surface area contributed by atoms with Crippen LogP contribution in [0.15, 0.2) is 12.1 Å². The Kier molecular flexibility index (Phi) is 3.21. The lowest BCUT2D eigenvalue weighted by molar-refractivity contribution is -0.385. The summed E-state index contributed by atoms with van der Waals surface area (Å²) in [5.74, 6) is 0. The molecule has 0 aromatic heterocycles. The quantitative estimate of drug-likeness (QED) is 0.514. The molecule has 1 rings (SSSR count). The third kappa shape index (κ3) is 2.16. The Morgan fingerprint density at radius 2 is 2.23 bits per heavy atom. The summed E-state index contributed by atoms with van der Waals surface area (Å²) in [5.41, 5.74) is 7.40. The van der Waals surface area contributed by atoms with Gasteiger partial charge in [-0.15, -0.1) is 0 Å². The third-order valence-electron chi connectivity index (χ3n) is 1.82. The minimum atomic E-state index is -0.389. The lowest BCUT2D eigenvalue weighted by Gasteiger charge is -2.03. The predicted octanol–water partition coefficient (Wildman–Crippen LogP) is 1.97. The van der Waals surface area contributed by atoms with Gasteiger partial charge in [-0.05, 0) is 46.7 Å². The fourth-order valence-electron chi connectivity index (χ4n) is 1.06. The van der Waals surface area contributed by atoms with Crippen LogP contribution < -0.4 is 5.73 Å². The molecule has 0 bridgehead atoms. The third-order valence-corrected chi connectivity index (χ3v) is 2.69. The molecular weight excluding hydrogens is 283 g/mol. The zero-order valence-corrected chi connectivity index (χ0v) is 9.24. The minimum Gasteiger partial charge on any atom is -0.326 e. The second-order valence-corrected chi connectivity index (χ2v) is 3.85. The molecule has 0 aliphatic rings. The van der Waals surface area contributed by atoms with Crippen molar-refractivity contribution < 1.29 is 4.92 Å². The first kappa shape index (κ1) is 10.4. The number of aryl methyl sites for hydroxylation is 1. The number of rotatable bonds is 2. The molecular formula is C8H9IN2O2. The van der Waals surface area contributed by atoms with Gasteiger partial charge in [0.25, 0.3) is 5.69 Å². The van der Waals surface area contributed by atoms with Crippen molar-refractivity contribution in [3.63, 3.8) is 0 Å². The number of nitrogens with two attached hydrogens (primary N) is 1. The van der Waals surface area contributed by atoms with Crippen LogP contribution >= 0.6 is 22.6 Å². The summed E-state index contributed by atoms with van der Waals surface area (Å²) in [7, 11) is 0. The van der Waals surface area contributed by atoms with Gasteiger partial charge in [0.05, 0.1) is 8.49 Å². The zero-order chi connectivity index (χ0) is 10.0. The first-order valence-electron chi connectivity index (χ1n) is 3.69. The predicted molar refractivity (Wildman–Crippen MR) is 58.4 cm³/mol. The van der Waals surface area contributed by atoms with Gasteiger partial charge in [0.2, 0.25) is 0 Å². The van der Waals surface area contributed by atoms with Gasteiger partial charge >= 0.3 is 0 Å². The van der Waals surface area contributed by atoms with E-state index in [-0.39, 0.29) is 10.6 Å². The van der Waals surface area contributed by atoms with Crippen LogP contribution in [-0.4, -0.2) is 4.92 Å². The van der Waals surface area contributed by atoms with Crippen LogP contribution in [0.5, 0.6) is 0 Å². The molecule has 0 aliphatic carbocycles. The van der Waals surface area contributed by atoms with Gasteiger partial charge in [-0.1, -0.05) is 0 Å². The molecule has 13 heavy (non-hydrogen) atoms. The fraction of sp³-hybridized carbons (Fsp3) is 0.250. The zero-order valence-electron chi connectivity index (χ0n) is 7.08. The average Bonchev–Trinajstić information content (AvgIpc) is 2.03. The van der Waals surface area contributed by atoms with Crippen molar-refractivity contribution in [3.05, 3.63) is 36.9 Å². The van der Waals surface area contributed by atoms with Crippen molar-refractivity contribution in [1.82, 2.24) is 0 Å². The van der Waals surface area contributed by atoms with E-state index in [0.717, 1.165) is 11.1 Å². The summed E-state index contributed by atoms with van der Waals surface area (Å²) in [6, 6.07) is 3.32. The lowest BCUT2D eigenvalue weighted by atomic mass is 10.1. The number of halogens is 1. The first-order chi connectivity index (χ1) is 6.06. The van der Waals surface area contributed by atoms with Crippen LogP contribution in [0.25, 0.3) is 0 Å². The van der Waals surface area contributed by atoms with Gasteiger partial charge in [0.1, 0.15) is 0 Å². The number of nitrogens with zero attached hydrogens (tertiary/aromatic N) is 1. The highest BCUT2D eigenvalue weighted by Crippen LogP contribution is 2.24. The molecule has 5 heteroatoms. The van der Waals surface area contributed by atoms with Crippen molar-refractivity contribution in [2.45, 2.75) is 13.5 Å². The highest BCUT2D eigenvalue weighted by Gasteiger charge is 2.13. The molecule has 4 nitrogen and oxygen atoms in total. The molecule has 0 saturated heterocycles. The molecule has 0 heterocycles. The van der Waals surface area contributed by atoms with Crippen LogP contribution in [0.3, 0.4) is 0 Å². The number of nitro groups is 1. The van der Waals surface area contributed by atoms with Crippen LogP contribution in [0.1, 0.15) is 11.1 Å². The summed E-state index contributed by atoms with van der Waals surface area (Å²) in [6.07, 6.45) is 0. The van der Waals surface area contributed by atoms with E-state index in [9.17, 15) is 10.1 Å². The topological polar surface area (TPSA) is 69.2 Å². The largest absolute Gasteiger partial charge is 0.326 e. The van der Waals surface area contributed by atoms with Gasteiger partial charge in [0, 0.05) is 12.6 Å². The Hall–Kier alpha value is -0.690. The van der Waals surface area contributed by atoms with Gasteiger partial charge in [-0.3, -0.25) is 10.1 Å². The second kappa shape index (κ2) is 4.01. The highest BCUT2D eigenvalue weighted by atomic mass is 127. The smallest absolute Gasteiger partial charge is 0.282 e. The molecule has 0 radical (unpaired) electrons. The van der Waals surface area contributed by atoms with Crippen LogP contribution in [0, 0.1) is 20.6 Å². The fourth-order valence-corrected chi connectivity index (χ4v) is 1.88. The monoisotopic (exact) mass is 292 g/mol. The van der Waals surface area contributed by atoms with Crippen LogP contribution in [-0.2, 0) is 6.54 Å². The number of hydrogen-bond acceptors (Lipinski definition) is 3. The Morgan fingerprint density at radius 1 is 1.62 bits per heavy atom. The van der Waals surface area contributed by atoms with E-state index in [1.54, 1.807) is 6.07 Å². The van der Waals surface area contributed by atoms with Gasteiger partial charge < -0.3 is 5.73 Å². The molecule has 1 aromatic rings. The van der Waals surface area contributed by atoms with Gasteiger partial charge in [-0.2, -0.15) is 0 Å². The first-order valence-corrected chi connectivity index (χ1v) is 4.77. The lowest BCUT2D eigenvalue weighted by Crippen LogP contribution is -2.02. The maximum atomic E-state index is 10.6. The molecule has 2 N–H and O–H groups in total. The number of hydrogen-bond donors (Lipinski definition) is 1. The highest BCUT2D eigenvalue weighted by molar-refractivity contribution is 14.1. The number of nitro benzene ring substituents is 1. The van der Waals surface area contributed by atoms with Crippen molar-refractivity contribution in [2.75, 3.05) is 0 Å². The average molecular weight is 292 g/mol. The van der Waals surface area contributed by atoms with Crippen molar-refractivity contribution in [1.29, 1.82) is 0 Å². The molecule has 0 atom stereocenters. The van der Waals surface area contributed by atoms with Crippen molar-refractivity contribution in [2.24, 2.45) is 5.73 Å². The van der Waals surface area contributed by atoms with E-state index in [1.165, 1.54) is 6.07 Å². The van der Waals surface area contributed by atoms with E-state index in [1.807, 2.05) is 29.5 Å². The summed E-state index contributed by atoms with van der Waals surface area (Å²) >= 11 is 1.95. The molecule has 0 saturated carbocycles. The Morgan fingerprint density at radius 3 is 2.69 bits per heavy atom. The van der Waals surface area contributed by atoms with E-state index in [4.69, 9.17) is 5.73 Å². The molecule has 1 aromatic carbocycles.